The van der Waals surface area contributed by atoms with Crippen LogP contribution in [0.4, 0.5) is 0 Å². The zero-order valence-electron chi connectivity index (χ0n) is 11.1. The van der Waals surface area contributed by atoms with Crippen LogP contribution >= 0.6 is 0 Å². The number of aliphatic hydroxyl groups excluding tert-OH is 1. The van der Waals surface area contributed by atoms with Crippen LogP contribution in [0.25, 0.3) is 0 Å². The fourth-order valence-corrected chi connectivity index (χ4v) is 1.69. The Morgan fingerprint density at radius 1 is 1.24 bits per heavy atom. The molecule has 0 spiro atoms. The minimum absolute atomic E-state index is 0.00717. The third-order valence-corrected chi connectivity index (χ3v) is 2.54. The molecular formula is C14H22O3. The molecule has 0 radical (unpaired) electrons. The molecule has 17 heavy (non-hydrogen) atoms. The third-order valence-electron chi connectivity index (χ3n) is 2.54. The third kappa shape index (κ3) is 3.80. The molecule has 1 aromatic rings. The van der Waals surface area contributed by atoms with E-state index in [-0.39, 0.29) is 12.7 Å². The molecule has 1 fully saturated rings. The number of hydrogen-bond acceptors (Lipinski definition) is 3. The van der Waals surface area contributed by atoms with E-state index in [9.17, 15) is 0 Å². The van der Waals surface area contributed by atoms with Gasteiger partial charge in [0.05, 0.1) is 13.2 Å². The Morgan fingerprint density at radius 3 is 2.24 bits per heavy atom. The number of benzene rings is 1. The van der Waals surface area contributed by atoms with Crippen molar-refractivity contribution in [2.24, 2.45) is 0 Å². The molecule has 0 amide bonds. The summed E-state index contributed by atoms with van der Waals surface area (Å²) in [5.74, 6) is -0.486. The van der Waals surface area contributed by atoms with E-state index in [1.165, 1.54) is 0 Å². The molecule has 1 unspecified atom stereocenters. The van der Waals surface area contributed by atoms with Crippen LogP contribution in [0, 0.1) is 0 Å². The smallest absolute Gasteiger partial charge is 0.163 e. The van der Waals surface area contributed by atoms with E-state index in [1.807, 2.05) is 52.0 Å². The largest absolute Gasteiger partial charge is 0.392 e. The zero-order valence-corrected chi connectivity index (χ0v) is 11.1. The molecule has 1 atom stereocenters. The molecular weight excluding hydrogens is 216 g/mol. The van der Waals surface area contributed by atoms with Crippen molar-refractivity contribution >= 4 is 0 Å². The molecule has 1 N–H and O–H groups in total. The maximum atomic E-state index is 8.92. The number of hydrogen-bond donors (Lipinski definition) is 1. The lowest BCUT2D eigenvalue weighted by atomic mass is 10.1. The van der Waals surface area contributed by atoms with Crippen molar-refractivity contribution < 1.29 is 14.6 Å². The molecule has 1 aliphatic rings. The van der Waals surface area contributed by atoms with Gasteiger partial charge in [-0.25, -0.2) is 0 Å². The summed E-state index contributed by atoms with van der Waals surface area (Å²) >= 11 is 0. The summed E-state index contributed by atoms with van der Waals surface area (Å²) in [5, 5.41) is 8.92. The average Bonchev–Trinajstić information content (AvgIpc) is 2.72. The predicted molar refractivity (Wildman–Crippen MR) is 67.6 cm³/mol. The first-order valence-electron chi connectivity index (χ1n) is 6.12. The summed E-state index contributed by atoms with van der Waals surface area (Å²) in [6, 6.07) is 7.76. The Bertz CT molecular complexity index is 330. The van der Waals surface area contributed by atoms with E-state index >= 15 is 0 Å². The fraction of sp³-hybridized carbons (Fsp3) is 0.571. The molecule has 1 aliphatic heterocycles. The van der Waals surface area contributed by atoms with Crippen LogP contribution in [0.3, 0.4) is 0 Å². The van der Waals surface area contributed by atoms with Crippen LogP contribution in [-0.4, -0.2) is 17.5 Å². The maximum Gasteiger partial charge on any atom is 0.163 e. The highest BCUT2D eigenvalue weighted by molar-refractivity contribution is 5.24. The van der Waals surface area contributed by atoms with Gasteiger partial charge in [-0.3, -0.25) is 0 Å². The van der Waals surface area contributed by atoms with E-state index in [1.54, 1.807) is 0 Å². The standard InChI is InChI=1S/C12H16O3.C2H6/c1-12(2)14-8-11(15-12)10-5-3-9(7-13)4-6-10;1-2/h3-6,11,13H,7-8H2,1-2H3;1-2H3. The van der Waals surface area contributed by atoms with E-state index in [0.29, 0.717) is 6.61 Å². The Hall–Kier alpha value is -0.900. The second kappa shape index (κ2) is 6.15. The van der Waals surface area contributed by atoms with Crippen LogP contribution in [-0.2, 0) is 16.1 Å². The molecule has 1 saturated heterocycles. The van der Waals surface area contributed by atoms with Crippen molar-refractivity contribution in [3.05, 3.63) is 35.4 Å². The van der Waals surface area contributed by atoms with Gasteiger partial charge in [0, 0.05) is 0 Å². The fourth-order valence-electron chi connectivity index (χ4n) is 1.69. The van der Waals surface area contributed by atoms with Crippen molar-refractivity contribution in [3.63, 3.8) is 0 Å². The van der Waals surface area contributed by atoms with Gasteiger partial charge >= 0.3 is 0 Å². The minimum atomic E-state index is -0.486. The molecule has 96 valence electrons. The Labute approximate surface area is 103 Å². The molecule has 3 heteroatoms. The maximum absolute atomic E-state index is 8.92. The summed E-state index contributed by atoms with van der Waals surface area (Å²) < 4.78 is 11.2. The lowest BCUT2D eigenvalue weighted by molar-refractivity contribution is -0.139. The summed E-state index contributed by atoms with van der Waals surface area (Å²) in [6.07, 6.45) is 0.00717. The van der Waals surface area contributed by atoms with Gasteiger partial charge < -0.3 is 14.6 Å². The molecule has 0 aliphatic carbocycles. The zero-order chi connectivity index (χ0) is 12.9. The van der Waals surface area contributed by atoms with Gasteiger partial charge in [-0.2, -0.15) is 0 Å². The van der Waals surface area contributed by atoms with E-state index < -0.39 is 5.79 Å². The van der Waals surface area contributed by atoms with Gasteiger partial charge in [0.2, 0.25) is 0 Å². The van der Waals surface area contributed by atoms with Gasteiger partial charge in [0.25, 0.3) is 0 Å². The SMILES string of the molecule is CC.CC1(C)OCC(c2ccc(CO)cc2)O1. The van der Waals surface area contributed by atoms with Crippen LogP contribution < -0.4 is 0 Å². The van der Waals surface area contributed by atoms with Crippen molar-refractivity contribution in [1.29, 1.82) is 0 Å². The first kappa shape index (κ1) is 14.2. The topological polar surface area (TPSA) is 38.7 Å². The summed E-state index contributed by atoms with van der Waals surface area (Å²) in [7, 11) is 0. The number of rotatable bonds is 2. The number of ether oxygens (including phenoxy) is 2. The highest BCUT2D eigenvalue weighted by Gasteiger charge is 2.33. The summed E-state index contributed by atoms with van der Waals surface area (Å²) in [5.41, 5.74) is 2.01. The van der Waals surface area contributed by atoms with Gasteiger partial charge in [0.1, 0.15) is 6.10 Å². The molecule has 0 saturated carbocycles. The average molecular weight is 238 g/mol. The molecule has 3 nitrogen and oxygen atoms in total. The lowest BCUT2D eigenvalue weighted by Gasteiger charge is -2.17. The lowest BCUT2D eigenvalue weighted by Crippen LogP contribution is -2.19. The molecule has 0 bridgehead atoms. The molecule has 2 rings (SSSR count). The summed E-state index contributed by atoms with van der Waals surface area (Å²) in [6.45, 7) is 8.49. The van der Waals surface area contributed by atoms with Crippen LogP contribution in [0.1, 0.15) is 44.9 Å². The van der Waals surface area contributed by atoms with E-state index in [2.05, 4.69) is 0 Å². The highest BCUT2D eigenvalue weighted by atomic mass is 16.7. The van der Waals surface area contributed by atoms with Gasteiger partial charge in [-0.1, -0.05) is 38.1 Å². The quantitative estimate of drug-likeness (QED) is 0.860. The second-order valence-electron chi connectivity index (χ2n) is 4.22. The normalized spacial score (nSPS) is 21.8. The first-order chi connectivity index (χ1) is 8.11. The Morgan fingerprint density at radius 2 is 1.82 bits per heavy atom. The number of aliphatic hydroxyl groups is 1. The Kier molecular flexibility index (Phi) is 5.12. The van der Waals surface area contributed by atoms with E-state index in [4.69, 9.17) is 14.6 Å². The van der Waals surface area contributed by atoms with Crippen molar-refractivity contribution in [3.8, 4) is 0 Å². The van der Waals surface area contributed by atoms with Crippen LogP contribution in [0.5, 0.6) is 0 Å². The monoisotopic (exact) mass is 238 g/mol. The van der Waals surface area contributed by atoms with Gasteiger partial charge in [-0.15, -0.1) is 0 Å². The Balaban J connectivity index is 0.000000686. The predicted octanol–water partition coefficient (Wildman–Crippen LogP) is 3.03. The molecule has 1 aromatic carbocycles. The van der Waals surface area contributed by atoms with Crippen molar-refractivity contribution in [2.45, 2.75) is 46.2 Å². The molecule has 0 aromatic heterocycles. The van der Waals surface area contributed by atoms with Crippen molar-refractivity contribution in [1.82, 2.24) is 0 Å². The highest BCUT2D eigenvalue weighted by Crippen LogP contribution is 2.32. The second-order valence-corrected chi connectivity index (χ2v) is 4.22. The van der Waals surface area contributed by atoms with Crippen LogP contribution in [0.2, 0.25) is 0 Å². The summed E-state index contributed by atoms with van der Waals surface area (Å²) in [4.78, 5) is 0. The van der Waals surface area contributed by atoms with Crippen LogP contribution in [0.15, 0.2) is 24.3 Å². The van der Waals surface area contributed by atoms with E-state index in [0.717, 1.165) is 11.1 Å². The van der Waals surface area contributed by atoms with Gasteiger partial charge in [0.15, 0.2) is 5.79 Å². The van der Waals surface area contributed by atoms with Gasteiger partial charge in [-0.05, 0) is 25.0 Å². The first-order valence-corrected chi connectivity index (χ1v) is 6.12. The minimum Gasteiger partial charge on any atom is -0.392 e. The molecule has 1 heterocycles. The van der Waals surface area contributed by atoms with Crippen molar-refractivity contribution in [2.75, 3.05) is 6.61 Å².